The van der Waals surface area contributed by atoms with Gasteiger partial charge in [0.2, 0.25) is 0 Å². The van der Waals surface area contributed by atoms with Crippen LogP contribution in [0.25, 0.3) is 40.7 Å². The van der Waals surface area contributed by atoms with Gasteiger partial charge >= 0.3 is 0 Å². The van der Waals surface area contributed by atoms with Crippen molar-refractivity contribution in [1.29, 1.82) is 0 Å². The second-order valence-corrected chi connectivity index (χ2v) is 8.97. The van der Waals surface area contributed by atoms with E-state index < -0.39 is 0 Å². The molecule has 5 aromatic rings. The van der Waals surface area contributed by atoms with Crippen molar-refractivity contribution in [2.24, 2.45) is 0 Å². The molecule has 0 radical (unpaired) electrons. The predicted octanol–water partition coefficient (Wildman–Crippen LogP) is 8.28. The summed E-state index contributed by atoms with van der Waals surface area (Å²) in [7, 11) is 0. The first kappa shape index (κ1) is 16.0. The van der Waals surface area contributed by atoms with Crippen molar-refractivity contribution >= 4 is 52.2 Å². The van der Waals surface area contributed by atoms with Gasteiger partial charge < -0.3 is 0 Å². The summed E-state index contributed by atoms with van der Waals surface area (Å²) < 4.78 is 5.66. The van der Waals surface area contributed by atoms with Gasteiger partial charge in [0.05, 0.1) is 9.40 Å². The Morgan fingerprint density at radius 3 is 2.19 bits per heavy atom. The van der Waals surface area contributed by atoms with Gasteiger partial charge in [0, 0.05) is 20.2 Å². The van der Waals surface area contributed by atoms with Crippen molar-refractivity contribution in [3.05, 3.63) is 72.3 Å². The Bertz CT molecular complexity index is 1210. The maximum Gasteiger partial charge on any atom is 0.0542 e. The van der Waals surface area contributed by atoms with Crippen molar-refractivity contribution in [3.8, 4) is 11.1 Å². The molecule has 0 saturated carbocycles. The smallest absolute Gasteiger partial charge is 0.0542 e. The van der Waals surface area contributed by atoms with Crippen LogP contribution >= 0.6 is 22.7 Å². The summed E-state index contributed by atoms with van der Waals surface area (Å²) in [5.41, 5.74) is 4.08. The van der Waals surface area contributed by atoms with E-state index in [1.807, 2.05) is 22.7 Å². The number of hydrogen-bond acceptors (Lipinski definition) is 2. The van der Waals surface area contributed by atoms with E-state index in [1.54, 1.807) is 0 Å². The first-order valence-electron chi connectivity index (χ1n) is 9.26. The quantitative estimate of drug-likeness (QED) is 0.298. The topological polar surface area (TPSA) is 0 Å². The van der Waals surface area contributed by atoms with Crippen LogP contribution in [0.4, 0.5) is 0 Å². The molecule has 3 aromatic carbocycles. The summed E-state index contributed by atoms with van der Waals surface area (Å²) in [6.07, 6.45) is 3.71. The molecule has 2 aromatic heterocycles. The van der Waals surface area contributed by atoms with Gasteiger partial charge in [0.25, 0.3) is 0 Å². The van der Waals surface area contributed by atoms with Crippen LogP contribution in [0.2, 0.25) is 0 Å². The van der Waals surface area contributed by atoms with Crippen molar-refractivity contribution in [2.75, 3.05) is 0 Å². The minimum Gasteiger partial charge on any atom is -0.134 e. The molecule has 2 heteroatoms. The first-order chi connectivity index (χ1) is 12.8. The lowest BCUT2D eigenvalue weighted by atomic mass is 10.0. The molecular formula is C24H20S2. The van der Waals surface area contributed by atoms with E-state index in [0.717, 1.165) is 0 Å². The minimum atomic E-state index is 1.18. The van der Waals surface area contributed by atoms with Crippen molar-refractivity contribution in [2.45, 2.75) is 26.2 Å². The molecular weight excluding hydrogens is 352 g/mol. The molecule has 0 fully saturated rings. The Morgan fingerprint density at radius 2 is 1.38 bits per heavy atom. The molecule has 0 N–H and O–H groups in total. The third-order valence-electron chi connectivity index (χ3n) is 5.09. The minimum absolute atomic E-state index is 1.18. The molecule has 26 heavy (non-hydrogen) atoms. The zero-order chi connectivity index (χ0) is 17.5. The van der Waals surface area contributed by atoms with Crippen molar-refractivity contribution in [3.63, 3.8) is 0 Å². The van der Waals surface area contributed by atoms with Crippen LogP contribution in [0.3, 0.4) is 0 Å². The van der Waals surface area contributed by atoms with Crippen LogP contribution in [-0.2, 0) is 6.42 Å². The second kappa shape index (κ2) is 6.53. The molecule has 0 aliphatic carbocycles. The Morgan fingerprint density at radius 1 is 0.692 bits per heavy atom. The molecule has 0 saturated heterocycles. The van der Waals surface area contributed by atoms with E-state index in [4.69, 9.17) is 0 Å². The molecule has 128 valence electrons. The van der Waals surface area contributed by atoms with E-state index >= 15 is 0 Å². The average Bonchev–Trinajstić information content (AvgIpc) is 3.22. The van der Waals surface area contributed by atoms with Crippen LogP contribution in [0.15, 0.2) is 66.7 Å². The summed E-state index contributed by atoms with van der Waals surface area (Å²) in [5.74, 6) is 0. The lowest BCUT2D eigenvalue weighted by molar-refractivity contribution is 0.795. The number of hydrogen-bond donors (Lipinski definition) is 0. The SMILES string of the molecule is CCCCc1ccc(-c2ccc3c(c2)sc2c4ccccc4sc32)cc1. The number of aryl methyl sites for hydroxylation is 1. The van der Waals surface area contributed by atoms with Crippen molar-refractivity contribution < 1.29 is 0 Å². The van der Waals surface area contributed by atoms with Gasteiger partial charge in [-0.2, -0.15) is 0 Å². The molecule has 2 heterocycles. The van der Waals surface area contributed by atoms with E-state index in [0.29, 0.717) is 0 Å². The van der Waals surface area contributed by atoms with Gasteiger partial charge in [-0.05, 0) is 41.7 Å². The van der Waals surface area contributed by atoms with Gasteiger partial charge in [0.15, 0.2) is 0 Å². The van der Waals surface area contributed by atoms with E-state index in [2.05, 4.69) is 73.7 Å². The Kier molecular flexibility index (Phi) is 4.03. The molecule has 0 bridgehead atoms. The maximum atomic E-state index is 2.36. The van der Waals surface area contributed by atoms with E-state index in [9.17, 15) is 0 Å². The Labute approximate surface area is 161 Å². The summed E-state index contributed by atoms with van der Waals surface area (Å²) >= 11 is 3.85. The monoisotopic (exact) mass is 372 g/mol. The Hall–Kier alpha value is -2.16. The summed E-state index contributed by atoms with van der Waals surface area (Å²) in [6, 6.07) is 24.8. The highest BCUT2D eigenvalue weighted by atomic mass is 32.1. The molecule has 0 atom stereocenters. The molecule has 0 amide bonds. The second-order valence-electron chi connectivity index (χ2n) is 6.87. The van der Waals surface area contributed by atoms with Crippen LogP contribution < -0.4 is 0 Å². The summed E-state index contributed by atoms with van der Waals surface area (Å²) in [6.45, 7) is 2.25. The van der Waals surface area contributed by atoms with Gasteiger partial charge in [0.1, 0.15) is 0 Å². The van der Waals surface area contributed by atoms with E-state index in [-0.39, 0.29) is 0 Å². The highest BCUT2D eigenvalue weighted by Crippen LogP contribution is 2.44. The highest BCUT2D eigenvalue weighted by Gasteiger charge is 2.12. The van der Waals surface area contributed by atoms with Gasteiger partial charge in [-0.3, -0.25) is 0 Å². The largest absolute Gasteiger partial charge is 0.134 e. The normalized spacial score (nSPS) is 11.7. The molecule has 0 aliphatic heterocycles. The molecule has 0 spiro atoms. The Balaban J connectivity index is 1.58. The van der Waals surface area contributed by atoms with Crippen LogP contribution in [0.1, 0.15) is 25.3 Å². The van der Waals surface area contributed by atoms with Crippen LogP contribution in [0.5, 0.6) is 0 Å². The maximum absolute atomic E-state index is 2.36. The first-order valence-corrected chi connectivity index (χ1v) is 10.9. The zero-order valence-corrected chi connectivity index (χ0v) is 16.4. The highest BCUT2D eigenvalue weighted by molar-refractivity contribution is 7.36. The molecule has 0 nitrogen and oxygen atoms in total. The fourth-order valence-corrected chi connectivity index (χ4v) is 6.32. The zero-order valence-electron chi connectivity index (χ0n) is 14.8. The lowest BCUT2D eigenvalue weighted by Crippen LogP contribution is -1.85. The number of benzene rings is 3. The summed E-state index contributed by atoms with van der Waals surface area (Å²) in [4.78, 5) is 0. The fourth-order valence-electron chi connectivity index (χ4n) is 3.63. The molecule has 0 aliphatic rings. The van der Waals surface area contributed by atoms with Crippen molar-refractivity contribution in [1.82, 2.24) is 0 Å². The lowest BCUT2D eigenvalue weighted by Gasteiger charge is -2.05. The fraction of sp³-hybridized carbons (Fsp3) is 0.167. The number of fused-ring (bicyclic) bond motifs is 5. The third kappa shape index (κ3) is 2.65. The van der Waals surface area contributed by atoms with Gasteiger partial charge in [-0.15, -0.1) is 22.7 Å². The van der Waals surface area contributed by atoms with Crippen LogP contribution in [-0.4, -0.2) is 0 Å². The van der Waals surface area contributed by atoms with E-state index in [1.165, 1.54) is 65.5 Å². The third-order valence-corrected chi connectivity index (χ3v) is 7.61. The number of unbranched alkanes of at least 4 members (excludes halogenated alkanes) is 1. The van der Waals surface area contributed by atoms with Gasteiger partial charge in [-0.1, -0.05) is 67.9 Å². The average molecular weight is 373 g/mol. The predicted molar refractivity (Wildman–Crippen MR) is 119 cm³/mol. The number of rotatable bonds is 4. The standard InChI is InChI=1S/C24H20S2/c1-2-3-6-16-9-11-17(12-10-16)18-13-14-20-22(15-18)26-23-19-7-4-5-8-21(19)25-24(20)23/h4-5,7-15H,2-3,6H2,1H3. The number of thiophene rings is 2. The van der Waals surface area contributed by atoms with Crippen LogP contribution in [0, 0.1) is 0 Å². The summed E-state index contributed by atoms with van der Waals surface area (Å²) in [5, 5.41) is 2.80. The molecule has 0 unspecified atom stereocenters. The van der Waals surface area contributed by atoms with Gasteiger partial charge in [-0.25, -0.2) is 0 Å². The molecule has 5 rings (SSSR count).